The summed E-state index contributed by atoms with van der Waals surface area (Å²) >= 11 is 0. The van der Waals surface area contributed by atoms with Gasteiger partial charge in [-0.3, -0.25) is 4.79 Å². The maximum atomic E-state index is 12.4. The second-order valence-electron chi connectivity index (χ2n) is 7.15. The van der Waals surface area contributed by atoms with E-state index in [1.807, 2.05) is 0 Å². The van der Waals surface area contributed by atoms with E-state index in [0.717, 1.165) is 25.7 Å². The summed E-state index contributed by atoms with van der Waals surface area (Å²) in [5.74, 6) is 0.0166. The van der Waals surface area contributed by atoms with E-state index >= 15 is 0 Å². The Labute approximate surface area is 140 Å². The van der Waals surface area contributed by atoms with Crippen LogP contribution in [0.1, 0.15) is 57.1 Å². The fourth-order valence-corrected chi connectivity index (χ4v) is 3.06. The predicted octanol–water partition coefficient (Wildman–Crippen LogP) is 3.47. The van der Waals surface area contributed by atoms with Gasteiger partial charge >= 0.3 is 0 Å². The minimum atomic E-state index is -0.652. The average Bonchev–Trinajstić information content (AvgIpc) is 2.45. The van der Waals surface area contributed by atoms with E-state index in [0.29, 0.717) is 6.54 Å². The largest absolute Gasteiger partial charge is 0.354 e. The van der Waals surface area contributed by atoms with Gasteiger partial charge in [0.1, 0.15) is 0 Å². The average molecular weight is 325 g/mol. The van der Waals surface area contributed by atoms with Crippen LogP contribution >= 0.6 is 12.4 Å². The zero-order chi connectivity index (χ0) is 15.5. The highest BCUT2D eigenvalue weighted by molar-refractivity contribution is 5.86. The first kappa shape index (κ1) is 19.0. The second-order valence-corrected chi connectivity index (χ2v) is 7.15. The highest BCUT2D eigenvalue weighted by Crippen LogP contribution is 2.27. The van der Waals surface area contributed by atoms with Crippen molar-refractivity contribution >= 4 is 18.3 Å². The molecule has 124 valence electrons. The second kappa shape index (κ2) is 7.47. The van der Waals surface area contributed by atoms with Crippen LogP contribution in [0.15, 0.2) is 24.3 Å². The molecule has 0 bridgehead atoms. The number of aryl methyl sites for hydroxylation is 1. The number of hydrogen-bond donors (Lipinski definition) is 2. The first-order valence-electron chi connectivity index (χ1n) is 7.98. The van der Waals surface area contributed by atoms with Crippen molar-refractivity contribution in [1.82, 2.24) is 5.32 Å². The van der Waals surface area contributed by atoms with E-state index < -0.39 is 5.54 Å². The number of halogens is 1. The third-order valence-electron chi connectivity index (χ3n) is 4.69. The van der Waals surface area contributed by atoms with Gasteiger partial charge in [-0.15, -0.1) is 12.4 Å². The first-order valence-corrected chi connectivity index (χ1v) is 7.98. The van der Waals surface area contributed by atoms with E-state index in [4.69, 9.17) is 5.73 Å². The minimum absolute atomic E-state index is 0. The van der Waals surface area contributed by atoms with Crippen molar-refractivity contribution in [3.63, 3.8) is 0 Å². The maximum absolute atomic E-state index is 12.4. The number of benzene rings is 1. The van der Waals surface area contributed by atoms with Gasteiger partial charge in [-0.2, -0.15) is 0 Å². The SMILES string of the molecule is Cc1cccc(C(C)(C)CNC(=O)C2(N)CCCCC2)c1.Cl. The van der Waals surface area contributed by atoms with Crippen LogP contribution in [0.4, 0.5) is 0 Å². The zero-order valence-corrected chi connectivity index (χ0v) is 14.8. The molecule has 0 spiro atoms. The summed E-state index contributed by atoms with van der Waals surface area (Å²) in [6, 6.07) is 8.47. The monoisotopic (exact) mass is 324 g/mol. The lowest BCUT2D eigenvalue weighted by atomic mass is 9.80. The van der Waals surface area contributed by atoms with Crippen molar-refractivity contribution in [1.29, 1.82) is 0 Å². The molecule has 1 fully saturated rings. The summed E-state index contributed by atoms with van der Waals surface area (Å²) < 4.78 is 0. The summed E-state index contributed by atoms with van der Waals surface area (Å²) in [5, 5.41) is 3.09. The Hall–Kier alpha value is -1.06. The molecule has 0 unspecified atom stereocenters. The molecule has 2 rings (SSSR count). The van der Waals surface area contributed by atoms with Gasteiger partial charge in [-0.1, -0.05) is 62.9 Å². The Balaban J connectivity index is 0.00000242. The molecule has 3 N–H and O–H groups in total. The van der Waals surface area contributed by atoms with E-state index in [9.17, 15) is 4.79 Å². The summed E-state index contributed by atoms with van der Waals surface area (Å²) in [6.45, 7) is 7.03. The van der Waals surface area contributed by atoms with Gasteiger partial charge in [0.25, 0.3) is 0 Å². The lowest BCUT2D eigenvalue weighted by Crippen LogP contribution is -2.56. The third-order valence-corrected chi connectivity index (χ3v) is 4.69. The van der Waals surface area contributed by atoms with Gasteiger partial charge in [-0.05, 0) is 25.3 Å². The van der Waals surface area contributed by atoms with Crippen LogP contribution in [-0.2, 0) is 10.2 Å². The number of rotatable bonds is 4. The molecule has 3 nitrogen and oxygen atoms in total. The van der Waals surface area contributed by atoms with Crippen LogP contribution in [0.25, 0.3) is 0 Å². The third kappa shape index (κ3) is 4.47. The normalized spacial score (nSPS) is 17.5. The van der Waals surface area contributed by atoms with Gasteiger partial charge in [0.05, 0.1) is 5.54 Å². The van der Waals surface area contributed by atoms with Crippen molar-refractivity contribution in [2.24, 2.45) is 5.73 Å². The molecule has 1 amide bonds. The Morgan fingerprint density at radius 1 is 1.27 bits per heavy atom. The molecule has 1 aliphatic carbocycles. The van der Waals surface area contributed by atoms with Crippen molar-refractivity contribution in [3.05, 3.63) is 35.4 Å². The molecule has 1 aromatic rings. The minimum Gasteiger partial charge on any atom is -0.354 e. The summed E-state index contributed by atoms with van der Waals surface area (Å²) in [7, 11) is 0. The van der Waals surface area contributed by atoms with E-state index in [-0.39, 0.29) is 23.7 Å². The summed E-state index contributed by atoms with van der Waals surface area (Å²) in [5.41, 5.74) is 8.03. The van der Waals surface area contributed by atoms with Gasteiger partial charge in [-0.25, -0.2) is 0 Å². The van der Waals surface area contributed by atoms with Crippen LogP contribution in [0, 0.1) is 6.92 Å². The number of carbonyl (C=O) groups is 1. The van der Waals surface area contributed by atoms with E-state index in [1.54, 1.807) is 0 Å². The summed E-state index contributed by atoms with van der Waals surface area (Å²) in [6.07, 6.45) is 4.94. The molecule has 22 heavy (non-hydrogen) atoms. The van der Waals surface area contributed by atoms with E-state index in [1.165, 1.54) is 17.5 Å². The fraction of sp³-hybridized carbons (Fsp3) is 0.611. The number of hydrogen-bond acceptors (Lipinski definition) is 2. The van der Waals surface area contributed by atoms with Crippen molar-refractivity contribution < 1.29 is 4.79 Å². The molecule has 0 atom stereocenters. The first-order chi connectivity index (χ1) is 9.83. The van der Waals surface area contributed by atoms with Crippen LogP contribution in [0.3, 0.4) is 0 Å². The highest BCUT2D eigenvalue weighted by Gasteiger charge is 2.36. The van der Waals surface area contributed by atoms with Gasteiger partial charge in [0, 0.05) is 12.0 Å². The molecule has 1 aliphatic rings. The van der Waals surface area contributed by atoms with Crippen LogP contribution in [-0.4, -0.2) is 18.0 Å². The number of carbonyl (C=O) groups excluding carboxylic acids is 1. The molecule has 4 heteroatoms. The molecule has 0 aliphatic heterocycles. The molecule has 0 saturated heterocycles. The number of nitrogens with one attached hydrogen (secondary N) is 1. The van der Waals surface area contributed by atoms with Crippen LogP contribution in [0.5, 0.6) is 0 Å². The molecular formula is C18H29ClN2O. The molecule has 0 heterocycles. The standard InChI is InChI=1S/C18H28N2O.ClH/c1-14-8-7-9-15(12-14)17(2,3)13-20-16(21)18(19)10-5-4-6-11-18;/h7-9,12H,4-6,10-11,13,19H2,1-3H3,(H,20,21);1H. The van der Waals surface area contributed by atoms with Crippen molar-refractivity contribution in [2.75, 3.05) is 6.54 Å². The number of amides is 1. The highest BCUT2D eigenvalue weighted by atomic mass is 35.5. The van der Waals surface area contributed by atoms with E-state index in [2.05, 4.69) is 50.4 Å². The Kier molecular flexibility index (Phi) is 6.45. The van der Waals surface area contributed by atoms with Gasteiger partial charge in [0.15, 0.2) is 0 Å². The molecular weight excluding hydrogens is 296 g/mol. The summed E-state index contributed by atoms with van der Waals surface area (Å²) in [4.78, 5) is 12.4. The Bertz CT molecular complexity index is 508. The predicted molar refractivity (Wildman–Crippen MR) is 94.5 cm³/mol. The molecule has 1 saturated carbocycles. The Morgan fingerprint density at radius 2 is 1.91 bits per heavy atom. The lowest BCUT2D eigenvalue weighted by Gasteiger charge is -2.34. The topological polar surface area (TPSA) is 55.1 Å². The quantitative estimate of drug-likeness (QED) is 0.891. The van der Waals surface area contributed by atoms with Crippen LogP contribution in [0.2, 0.25) is 0 Å². The number of nitrogens with two attached hydrogens (primary N) is 1. The zero-order valence-electron chi connectivity index (χ0n) is 13.9. The fourth-order valence-electron chi connectivity index (χ4n) is 3.06. The molecule has 0 radical (unpaired) electrons. The molecule has 0 aromatic heterocycles. The van der Waals surface area contributed by atoms with Gasteiger partial charge in [0.2, 0.25) is 5.91 Å². The van der Waals surface area contributed by atoms with Crippen molar-refractivity contribution in [3.8, 4) is 0 Å². The van der Waals surface area contributed by atoms with Gasteiger partial charge < -0.3 is 11.1 Å². The lowest BCUT2D eigenvalue weighted by molar-refractivity contribution is -0.127. The smallest absolute Gasteiger partial charge is 0.240 e. The van der Waals surface area contributed by atoms with Crippen molar-refractivity contribution in [2.45, 2.75) is 63.8 Å². The van der Waals surface area contributed by atoms with Crippen LogP contribution < -0.4 is 11.1 Å². The Morgan fingerprint density at radius 3 is 2.50 bits per heavy atom. The maximum Gasteiger partial charge on any atom is 0.240 e. The molecule has 1 aromatic carbocycles.